The van der Waals surface area contributed by atoms with Gasteiger partial charge in [-0.05, 0) is 29.7 Å². The van der Waals surface area contributed by atoms with Crippen molar-refractivity contribution in [1.82, 2.24) is 4.90 Å². The average molecular weight is 329 g/mol. The molecule has 0 bridgehead atoms. The number of carbonyl (C=O) groups is 3. The van der Waals surface area contributed by atoms with Gasteiger partial charge < -0.3 is 0 Å². The Morgan fingerprint density at radius 2 is 1.79 bits per heavy atom. The minimum atomic E-state index is -0.478. The lowest BCUT2D eigenvalue weighted by Gasteiger charge is -2.37. The topological polar surface area (TPSA) is 54.5 Å². The minimum Gasteiger partial charge on any atom is -0.274 e. The summed E-state index contributed by atoms with van der Waals surface area (Å²) in [5.74, 6) is -1.78. The van der Waals surface area contributed by atoms with E-state index in [0.717, 1.165) is 17.7 Å². The molecule has 0 aliphatic carbocycles. The highest BCUT2D eigenvalue weighted by atomic mass is 16.2. The van der Waals surface area contributed by atoms with Gasteiger partial charge in [0.25, 0.3) is 0 Å². The van der Waals surface area contributed by atoms with Gasteiger partial charge in [-0.15, -0.1) is 0 Å². The van der Waals surface area contributed by atoms with Crippen LogP contribution in [-0.4, -0.2) is 22.6 Å². The Balaban J connectivity index is 2.30. The number of benzene rings is 1. The number of hydrogen-bond acceptors (Lipinski definition) is 3. The summed E-state index contributed by atoms with van der Waals surface area (Å²) in [7, 11) is 0. The van der Waals surface area contributed by atoms with E-state index >= 15 is 0 Å². The summed E-state index contributed by atoms with van der Waals surface area (Å²) in [6.45, 7) is 9.33. The largest absolute Gasteiger partial charge is 0.274 e. The number of hydrogen-bond donors (Lipinski definition) is 0. The van der Waals surface area contributed by atoms with Crippen molar-refractivity contribution in [3.63, 3.8) is 0 Å². The summed E-state index contributed by atoms with van der Waals surface area (Å²) < 4.78 is 0. The van der Waals surface area contributed by atoms with E-state index in [9.17, 15) is 14.4 Å². The number of rotatable bonds is 5. The van der Waals surface area contributed by atoms with Gasteiger partial charge >= 0.3 is 0 Å². The van der Waals surface area contributed by atoms with Crippen LogP contribution in [0.4, 0.5) is 0 Å². The van der Waals surface area contributed by atoms with Gasteiger partial charge in [0.1, 0.15) is 0 Å². The van der Waals surface area contributed by atoms with Crippen LogP contribution in [0.2, 0.25) is 0 Å². The lowest BCUT2D eigenvalue weighted by atomic mass is 9.65. The summed E-state index contributed by atoms with van der Waals surface area (Å²) in [6, 6.07) is 10.2. The average Bonchev–Trinajstić information content (AvgIpc) is 2.78. The molecule has 130 valence electrons. The minimum absolute atomic E-state index is 0.276. The van der Waals surface area contributed by atoms with Crippen molar-refractivity contribution in [3.8, 4) is 0 Å². The molecule has 4 atom stereocenters. The number of carbonyl (C=O) groups excluding carboxylic acids is 3. The highest BCUT2D eigenvalue weighted by Crippen LogP contribution is 2.47. The molecule has 4 nitrogen and oxygen atoms in total. The van der Waals surface area contributed by atoms with Crippen molar-refractivity contribution in [1.29, 1.82) is 0 Å². The molecule has 1 fully saturated rings. The monoisotopic (exact) mass is 329 g/mol. The number of imide groups is 3. The van der Waals surface area contributed by atoms with Gasteiger partial charge in [0.15, 0.2) is 0 Å². The van der Waals surface area contributed by atoms with E-state index in [2.05, 4.69) is 32.9 Å². The van der Waals surface area contributed by atoms with Gasteiger partial charge in [0, 0.05) is 12.8 Å². The molecule has 24 heavy (non-hydrogen) atoms. The number of likely N-dealkylation sites (tertiary alicyclic amines) is 1. The molecule has 4 heteroatoms. The van der Waals surface area contributed by atoms with Gasteiger partial charge in [-0.3, -0.25) is 14.4 Å². The second-order valence-corrected chi connectivity index (χ2v) is 7.32. The first-order chi connectivity index (χ1) is 11.2. The smallest absolute Gasteiger partial charge is 0.240 e. The van der Waals surface area contributed by atoms with Gasteiger partial charge in [0.2, 0.25) is 17.7 Å². The molecule has 3 amide bonds. The van der Waals surface area contributed by atoms with Gasteiger partial charge in [0.05, 0.1) is 5.92 Å². The van der Waals surface area contributed by atoms with E-state index in [0.29, 0.717) is 0 Å². The highest BCUT2D eigenvalue weighted by Gasteiger charge is 2.54. The number of nitrogens with zero attached hydrogens (tertiary/aromatic N) is 1. The third-order valence-corrected chi connectivity index (χ3v) is 5.61. The maximum Gasteiger partial charge on any atom is 0.240 e. The van der Waals surface area contributed by atoms with E-state index < -0.39 is 17.7 Å². The Morgan fingerprint density at radius 1 is 1.21 bits per heavy atom. The second-order valence-electron chi connectivity index (χ2n) is 7.32. The van der Waals surface area contributed by atoms with E-state index in [4.69, 9.17) is 0 Å². The summed E-state index contributed by atoms with van der Waals surface area (Å²) in [6.07, 6.45) is 1.58. The van der Waals surface area contributed by atoms with Crippen LogP contribution >= 0.6 is 0 Å². The lowest BCUT2D eigenvalue weighted by Crippen LogP contribution is -2.39. The second kappa shape index (κ2) is 6.88. The Kier molecular flexibility index (Phi) is 5.26. The Morgan fingerprint density at radius 3 is 2.25 bits per heavy atom. The maximum atomic E-state index is 12.8. The molecule has 1 heterocycles. The first kappa shape index (κ1) is 18.4. The zero-order valence-corrected chi connectivity index (χ0v) is 15.2. The van der Waals surface area contributed by atoms with Crippen LogP contribution in [0.5, 0.6) is 0 Å². The van der Waals surface area contributed by atoms with E-state index in [1.165, 1.54) is 12.5 Å². The molecule has 2 rings (SSSR count). The Hall–Kier alpha value is -1.97. The molecule has 1 aromatic carbocycles. The quantitative estimate of drug-likeness (QED) is 0.773. The molecule has 1 aromatic rings. The molecular formula is C20H27NO3. The van der Waals surface area contributed by atoms with Crippen molar-refractivity contribution in [2.45, 2.75) is 53.4 Å². The first-order valence-corrected chi connectivity index (χ1v) is 8.66. The zero-order valence-electron chi connectivity index (χ0n) is 15.2. The number of amides is 3. The van der Waals surface area contributed by atoms with E-state index in [1.807, 2.05) is 18.2 Å². The summed E-state index contributed by atoms with van der Waals surface area (Å²) >= 11 is 0. The molecule has 4 unspecified atom stereocenters. The molecule has 0 N–H and O–H groups in total. The molecule has 1 saturated heterocycles. The third kappa shape index (κ3) is 3.14. The van der Waals surface area contributed by atoms with Crippen LogP contribution in [0.25, 0.3) is 0 Å². The fourth-order valence-electron chi connectivity index (χ4n) is 4.11. The molecular weight excluding hydrogens is 302 g/mol. The van der Waals surface area contributed by atoms with Crippen molar-refractivity contribution >= 4 is 17.7 Å². The van der Waals surface area contributed by atoms with Crippen LogP contribution in [0, 0.1) is 17.3 Å². The van der Waals surface area contributed by atoms with Crippen LogP contribution in [0.3, 0.4) is 0 Å². The molecule has 0 saturated carbocycles. The van der Waals surface area contributed by atoms with Crippen molar-refractivity contribution in [2.24, 2.45) is 17.3 Å². The molecule has 0 spiro atoms. The molecule has 1 aliphatic rings. The Bertz CT molecular complexity index is 640. The van der Waals surface area contributed by atoms with Crippen LogP contribution in [0.15, 0.2) is 30.3 Å². The summed E-state index contributed by atoms with van der Waals surface area (Å²) in [4.78, 5) is 37.7. The van der Waals surface area contributed by atoms with E-state index in [-0.39, 0.29) is 23.1 Å². The molecule has 0 aromatic heterocycles. The summed E-state index contributed by atoms with van der Waals surface area (Å²) in [5.41, 5.74) is 0.899. The van der Waals surface area contributed by atoms with Gasteiger partial charge in [-0.25, -0.2) is 4.90 Å². The third-order valence-electron chi connectivity index (χ3n) is 5.61. The molecule has 1 aliphatic heterocycles. The molecule has 0 radical (unpaired) electrons. The van der Waals surface area contributed by atoms with Crippen molar-refractivity contribution in [3.05, 3.63) is 35.9 Å². The fourth-order valence-corrected chi connectivity index (χ4v) is 4.11. The fraction of sp³-hybridized carbons (Fsp3) is 0.550. The van der Waals surface area contributed by atoms with Crippen molar-refractivity contribution in [2.75, 3.05) is 0 Å². The summed E-state index contributed by atoms with van der Waals surface area (Å²) in [5, 5.41) is 0. The zero-order chi connectivity index (χ0) is 18.1. The lowest BCUT2D eigenvalue weighted by molar-refractivity contribution is -0.149. The van der Waals surface area contributed by atoms with Gasteiger partial charge in [-0.2, -0.15) is 0 Å². The normalized spacial score (nSPS) is 24.8. The SMILES string of the molecule is CCC(C)(CC(C)c1ccccc1)C1C(=O)N(C(C)=O)C(=O)C1C. The van der Waals surface area contributed by atoms with Crippen LogP contribution in [0.1, 0.15) is 58.9 Å². The van der Waals surface area contributed by atoms with Crippen molar-refractivity contribution < 1.29 is 14.4 Å². The highest BCUT2D eigenvalue weighted by molar-refractivity contribution is 6.16. The standard InChI is InChI=1S/C20H27NO3/c1-6-20(5,12-13(2)16-10-8-7-9-11-16)17-14(3)18(23)21(15(4)22)19(17)24/h7-11,13-14,17H,6,12H2,1-5H3. The predicted octanol–water partition coefficient (Wildman–Crippen LogP) is 3.76. The predicted molar refractivity (Wildman–Crippen MR) is 93.1 cm³/mol. The maximum absolute atomic E-state index is 12.8. The van der Waals surface area contributed by atoms with Crippen LogP contribution < -0.4 is 0 Å². The first-order valence-electron chi connectivity index (χ1n) is 8.66. The van der Waals surface area contributed by atoms with E-state index in [1.54, 1.807) is 6.92 Å². The van der Waals surface area contributed by atoms with Crippen LogP contribution in [-0.2, 0) is 14.4 Å². The Labute approximate surface area is 144 Å². The van der Waals surface area contributed by atoms with Gasteiger partial charge in [-0.1, -0.05) is 58.0 Å².